The van der Waals surface area contributed by atoms with E-state index in [2.05, 4.69) is 13.8 Å². The molecule has 0 bridgehead atoms. The summed E-state index contributed by atoms with van der Waals surface area (Å²) in [5.41, 5.74) is 7.21. The first-order valence-electron chi connectivity index (χ1n) is 6.29. The summed E-state index contributed by atoms with van der Waals surface area (Å²) in [7, 11) is 1.86. The van der Waals surface area contributed by atoms with Gasteiger partial charge >= 0.3 is 0 Å². The van der Waals surface area contributed by atoms with Crippen molar-refractivity contribution in [3.05, 3.63) is 18.0 Å². The first kappa shape index (κ1) is 12.0. The molecule has 94 valence electrons. The van der Waals surface area contributed by atoms with Crippen molar-refractivity contribution < 1.29 is 4.79 Å². The van der Waals surface area contributed by atoms with E-state index < -0.39 is 0 Å². The topological polar surface area (TPSA) is 51.3 Å². The minimum Gasteiger partial charge on any atom is -0.397 e. The fourth-order valence-corrected chi connectivity index (χ4v) is 1.98. The molecule has 1 aliphatic rings. The number of aromatic nitrogens is 1. The molecule has 0 saturated heterocycles. The Bertz CT molecular complexity index is 420. The Morgan fingerprint density at radius 2 is 2.29 bits per heavy atom. The summed E-state index contributed by atoms with van der Waals surface area (Å²) >= 11 is 0. The third-order valence-electron chi connectivity index (χ3n) is 3.60. The van der Waals surface area contributed by atoms with Crippen molar-refractivity contribution in [2.75, 3.05) is 12.8 Å². The smallest absolute Gasteiger partial charge is 0.270 e. The van der Waals surface area contributed by atoms with E-state index in [9.17, 15) is 4.79 Å². The highest BCUT2D eigenvalue weighted by molar-refractivity contribution is 5.94. The van der Waals surface area contributed by atoms with Crippen LogP contribution >= 0.6 is 0 Å². The average Bonchev–Trinajstić information content (AvgIpc) is 3.09. The Morgan fingerprint density at radius 1 is 1.65 bits per heavy atom. The van der Waals surface area contributed by atoms with E-state index >= 15 is 0 Å². The molecule has 4 nitrogen and oxygen atoms in total. The van der Waals surface area contributed by atoms with Crippen molar-refractivity contribution >= 4 is 11.6 Å². The van der Waals surface area contributed by atoms with Crippen LogP contribution in [0.5, 0.6) is 0 Å². The molecule has 2 N–H and O–H groups in total. The molecular formula is C13H21N3O. The fourth-order valence-electron chi connectivity index (χ4n) is 1.98. The molecule has 2 rings (SSSR count). The van der Waals surface area contributed by atoms with Crippen LogP contribution in [0.2, 0.25) is 0 Å². The van der Waals surface area contributed by atoms with Crippen molar-refractivity contribution in [2.45, 2.75) is 45.2 Å². The summed E-state index contributed by atoms with van der Waals surface area (Å²) in [5, 5.41) is 0. The maximum Gasteiger partial charge on any atom is 0.270 e. The number of nitrogens with zero attached hydrogens (tertiary/aromatic N) is 2. The van der Waals surface area contributed by atoms with Crippen molar-refractivity contribution in [1.29, 1.82) is 0 Å². The highest BCUT2D eigenvalue weighted by Gasteiger charge is 2.29. The predicted octanol–water partition coefficient (Wildman–Crippen LogP) is 2.28. The molecule has 0 aliphatic heterocycles. The lowest BCUT2D eigenvalue weighted by Gasteiger charge is -2.24. The van der Waals surface area contributed by atoms with E-state index in [1.807, 2.05) is 17.8 Å². The zero-order valence-corrected chi connectivity index (χ0v) is 10.8. The minimum absolute atomic E-state index is 0.0722. The second-order valence-corrected chi connectivity index (χ2v) is 4.97. The van der Waals surface area contributed by atoms with Crippen LogP contribution in [0.4, 0.5) is 5.69 Å². The van der Waals surface area contributed by atoms with Crippen LogP contribution in [-0.4, -0.2) is 28.5 Å². The SMILES string of the molecule is CCC(C)N(C)C(=O)c1cc(N)cn1C1CC1. The summed E-state index contributed by atoms with van der Waals surface area (Å²) in [6.45, 7) is 4.15. The van der Waals surface area contributed by atoms with Gasteiger partial charge in [-0.25, -0.2) is 0 Å². The van der Waals surface area contributed by atoms with Gasteiger partial charge in [-0.3, -0.25) is 4.79 Å². The first-order chi connectivity index (χ1) is 8.04. The van der Waals surface area contributed by atoms with Gasteiger partial charge < -0.3 is 15.2 Å². The maximum atomic E-state index is 12.4. The van der Waals surface area contributed by atoms with Gasteiger partial charge in [0.1, 0.15) is 5.69 Å². The number of rotatable bonds is 4. The van der Waals surface area contributed by atoms with E-state index in [1.54, 1.807) is 11.0 Å². The fraction of sp³-hybridized carbons (Fsp3) is 0.615. The Balaban J connectivity index is 2.23. The molecule has 1 unspecified atom stereocenters. The van der Waals surface area contributed by atoms with Crippen LogP contribution in [0.3, 0.4) is 0 Å². The van der Waals surface area contributed by atoms with E-state index in [1.165, 1.54) is 0 Å². The van der Waals surface area contributed by atoms with Gasteiger partial charge in [0.05, 0.1) is 5.69 Å². The van der Waals surface area contributed by atoms with Crippen molar-refractivity contribution in [3.63, 3.8) is 0 Å². The molecule has 1 aliphatic carbocycles. The number of hydrogen-bond donors (Lipinski definition) is 1. The number of carbonyl (C=O) groups excluding carboxylic acids is 1. The van der Waals surface area contributed by atoms with Gasteiger partial charge in [0.25, 0.3) is 5.91 Å². The van der Waals surface area contributed by atoms with Crippen molar-refractivity contribution in [3.8, 4) is 0 Å². The average molecular weight is 235 g/mol. The highest BCUT2D eigenvalue weighted by atomic mass is 16.2. The van der Waals surface area contributed by atoms with E-state index in [0.717, 1.165) is 25.0 Å². The van der Waals surface area contributed by atoms with Gasteiger partial charge in [0, 0.05) is 25.3 Å². The lowest BCUT2D eigenvalue weighted by atomic mass is 10.2. The Kier molecular flexibility index (Phi) is 3.13. The molecule has 1 aromatic heterocycles. The number of hydrogen-bond acceptors (Lipinski definition) is 2. The summed E-state index contributed by atoms with van der Waals surface area (Å²) in [5.74, 6) is 0.0722. The molecule has 0 spiro atoms. The molecule has 1 aromatic rings. The zero-order valence-electron chi connectivity index (χ0n) is 10.8. The van der Waals surface area contributed by atoms with E-state index in [-0.39, 0.29) is 11.9 Å². The molecule has 1 saturated carbocycles. The van der Waals surface area contributed by atoms with Crippen molar-refractivity contribution in [1.82, 2.24) is 9.47 Å². The van der Waals surface area contributed by atoms with Crippen LogP contribution in [0, 0.1) is 0 Å². The van der Waals surface area contributed by atoms with E-state index in [4.69, 9.17) is 5.73 Å². The maximum absolute atomic E-state index is 12.4. The normalized spacial score (nSPS) is 16.9. The number of carbonyl (C=O) groups is 1. The Labute approximate surface area is 102 Å². The van der Waals surface area contributed by atoms with Crippen LogP contribution < -0.4 is 5.73 Å². The second-order valence-electron chi connectivity index (χ2n) is 4.97. The number of nitrogens with two attached hydrogens (primary N) is 1. The monoisotopic (exact) mass is 235 g/mol. The summed E-state index contributed by atoms with van der Waals surface area (Å²) in [6.07, 6.45) is 5.15. The Hall–Kier alpha value is -1.45. The summed E-state index contributed by atoms with van der Waals surface area (Å²) < 4.78 is 2.04. The van der Waals surface area contributed by atoms with Gasteiger partial charge in [0.2, 0.25) is 0 Å². The van der Waals surface area contributed by atoms with Crippen LogP contribution in [-0.2, 0) is 0 Å². The molecule has 1 amide bonds. The first-order valence-corrected chi connectivity index (χ1v) is 6.29. The number of anilines is 1. The van der Waals surface area contributed by atoms with Gasteiger partial charge in [-0.2, -0.15) is 0 Å². The molecule has 0 radical (unpaired) electrons. The molecule has 1 fully saturated rings. The van der Waals surface area contributed by atoms with Gasteiger partial charge in [0.15, 0.2) is 0 Å². The molecule has 4 heteroatoms. The molecule has 0 aromatic carbocycles. The molecular weight excluding hydrogens is 214 g/mol. The zero-order chi connectivity index (χ0) is 12.6. The highest BCUT2D eigenvalue weighted by Crippen LogP contribution is 2.37. The van der Waals surface area contributed by atoms with Gasteiger partial charge in [-0.15, -0.1) is 0 Å². The molecule has 17 heavy (non-hydrogen) atoms. The lowest BCUT2D eigenvalue weighted by Crippen LogP contribution is -2.35. The van der Waals surface area contributed by atoms with Crippen LogP contribution in [0.25, 0.3) is 0 Å². The third kappa shape index (κ3) is 2.30. The Morgan fingerprint density at radius 3 is 2.82 bits per heavy atom. The number of nitrogen functional groups attached to an aromatic ring is 1. The van der Waals surface area contributed by atoms with E-state index in [0.29, 0.717) is 11.7 Å². The third-order valence-corrected chi connectivity index (χ3v) is 3.60. The van der Waals surface area contributed by atoms with Crippen molar-refractivity contribution in [2.24, 2.45) is 0 Å². The van der Waals surface area contributed by atoms with Gasteiger partial charge in [-0.1, -0.05) is 6.92 Å². The minimum atomic E-state index is 0.0722. The molecule has 1 heterocycles. The largest absolute Gasteiger partial charge is 0.397 e. The van der Waals surface area contributed by atoms with Crippen LogP contribution in [0.1, 0.15) is 49.6 Å². The number of amides is 1. The summed E-state index contributed by atoms with van der Waals surface area (Å²) in [6, 6.07) is 2.53. The standard InChI is InChI=1S/C13H21N3O/c1-4-9(2)15(3)13(17)12-7-10(14)8-16(12)11-5-6-11/h7-9,11H,4-6,14H2,1-3H3. The lowest BCUT2D eigenvalue weighted by molar-refractivity contribution is 0.0729. The van der Waals surface area contributed by atoms with Crippen LogP contribution in [0.15, 0.2) is 12.3 Å². The molecule has 1 atom stereocenters. The van der Waals surface area contributed by atoms with Gasteiger partial charge in [-0.05, 0) is 32.3 Å². The summed E-state index contributed by atoms with van der Waals surface area (Å²) in [4.78, 5) is 14.2. The second kappa shape index (κ2) is 4.43. The quantitative estimate of drug-likeness (QED) is 0.870. The predicted molar refractivity (Wildman–Crippen MR) is 69.0 cm³/mol.